The second-order valence-corrected chi connectivity index (χ2v) is 4.18. The van der Waals surface area contributed by atoms with Gasteiger partial charge in [0.15, 0.2) is 4.90 Å². The minimum atomic E-state index is -4.02. The van der Waals surface area contributed by atoms with Gasteiger partial charge in [-0.25, -0.2) is 17.9 Å². The number of hydrogen-bond donors (Lipinski definition) is 1. The summed E-state index contributed by atoms with van der Waals surface area (Å²) in [7, 11) is -1.60. The number of hydrogen-bond acceptors (Lipinski definition) is 4. The predicted octanol–water partition coefficient (Wildman–Crippen LogP) is 0.490. The molecule has 0 aliphatic rings. The molecule has 0 fully saturated rings. The lowest BCUT2D eigenvalue weighted by Crippen LogP contribution is -2.15. The third-order valence-electron chi connectivity index (χ3n) is 1.71. The number of rotatable bonds is 3. The first-order chi connectivity index (χ1) is 6.90. The zero-order valence-electron chi connectivity index (χ0n) is 8.15. The molecular weight excluding hydrogens is 225 g/mol. The lowest BCUT2D eigenvalue weighted by molar-refractivity contribution is 0.368. The van der Waals surface area contributed by atoms with Crippen molar-refractivity contribution < 1.29 is 22.3 Å². The zero-order valence-corrected chi connectivity index (χ0v) is 8.97. The van der Waals surface area contributed by atoms with E-state index < -0.39 is 15.8 Å². The molecule has 5 nitrogen and oxygen atoms in total. The van der Waals surface area contributed by atoms with Gasteiger partial charge in [0.25, 0.3) is 0 Å². The number of halogens is 1. The number of nitrogens with two attached hydrogens (primary N) is 1. The SMILES string of the molecule is COc1cc(F)cc(OC)c1S(N)(=O)=O. The fraction of sp³-hybridized carbons (Fsp3) is 0.250. The van der Waals surface area contributed by atoms with Gasteiger partial charge in [0, 0.05) is 12.1 Å². The van der Waals surface area contributed by atoms with Crippen LogP contribution in [-0.4, -0.2) is 22.6 Å². The van der Waals surface area contributed by atoms with Crippen molar-refractivity contribution in [1.82, 2.24) is 0 Å². The highest BCUT2D eigenvalue weighted by atomic mass is 32.2. The maximum atomic E-state index is 13.0. The van der Waals surface area contributed by atoms with Crippen LogP contribution in [0.1, 0.15) is 0 Å². The van der Waals surface area contributed by atoms with Gasteiger partial charge in [0.05, 0.1) is 14.2 Å². The summed E-state index contributed by atoms with van der Waals surface area (Å²) in [4.78, 5) is -0.367. The molecule has 84 valence electrons. The summed E-state index contributed by atoms with van der Waals surface area (Å²) in [5, 5.41) is 4.95. The van der Waals surface area contributed by atoms with Crippen molar-refractivity contribution in [2.45, 2.75) is 4.90 Å². The van der Waals surface area contributed by atoms with Crippen LogP contribution < -0.4 is 14.6 Å². The molecule has 0 spiro atoms. The lowest BCUT2D eigenvalue weighted by Gasteiger charge is -2.11. The van der Waals surface area contributed by atoms with Gasteiger partial charge >= 0.3 is 0 Å². The number of ether oxygens (including phenoxy) is 2. The van der Waals surface area contributed by atoms with Crippen molar-refractivity contribution >= 4 is 10.0 Å². The molecule has 7 heteroatoms. The largest absolute Gasteiger partial charge is 0.495 e. The van der Waals surface area contributed by atoms with Crippen LogP contribution in [0, 0.1) is 5.82 Å². The molecule has 1 aromatic rings. The number of primary sulfonamides is 1. The summed E-state index contributed by atoms with van der Waals surface area (Å²) >= 11 is 0. The van der Waals surface area contributed by atoms with Gasteiger partial charge in [0.1, 0.15) is 17.3 Å². The van der Waals surface area contributed by atoms with E-state index in [9.17, 15) is 12.8 Å². The second kappa shape index (κ2) is 4.03. The van der Waals surface area contributed by atoms with E-state index in [0.717, 1.165) is 12.1 Å². The third kappa shape index (κ3) is 2.37. The molecule has 2 N–H and O–H groups in total. The fourth-order valence-electron chi connectivity index (χ4n) is 1.13. The van der Waals surface area contributed by atoms with Crippen LogP contribution in [0.4, 0.5) is 4.39 Å². The van der Waals surface area contributed by atoms with Crippen LogP contribution in [-0.2, 0) is 10.0 Å². The molecule has 0 aromatic heterocycles. The molecule has 0 radical (unpaired) electrons. The Bertz CT molecular complexity index is 447. The molecule has 0 aliphatic heterocycles. The van der Waals surface area contributed by atoms with Crippen LogP contribution in [0.3, 0.4) is 0 Å². The first kappa shape index (κ1) is 11.7. The molecule has 1 rings (SSSR count). The van der Waals surface area contributed by atoms with Crippen LogP contribution in [0.15, 0.2) is 17.0 Å². The van der Waals surface area contributed by atoms with E-state index in [0.29, 0.717) is 0 Å². The Hall–Kier alpha value is -1.34. The third-order valence-corrected chi connectivity index (χ3v) is 2.68. The summed E-state index contributed by atoms with van der Waals surface area (Å²) in [5.41, 5.74) is 0. The van der Waals surface area contributed by atoms with Crippen molar-refractivity contribution in [3.63, 3.8) is 0 Å². The molecule has 0 heterocycles. The Morgan fingerprint density at radius 1 is 1.20 bits per heavy atom. The van der Waals surface area contributed by atoms with Gasteiger partial charge in [-0.3, -0.25) is 0 Å². The van der Waals surface area contributed by atoms with Crippen molar-refractivity contribution in [3.8, 4) is 11.5 Å². The highest BCUT2D eigenvalue weighted by Gasteiger charge is 2.22. The van der Waals surface area contributed by atoms with Crippen molar-refractivity contribution in [2.75, 3.05) is 14.2 Å². The van der Waals surface area contributed by atoms with Crippen LogP contribution in [0.5, 0.6) is 11.5 Å². The van der Waals surface area contributed by atoms with Gasteiger partial charge < -0.3 is 9.47 Å². The second-order valence-electron chi connectivity index (χ2n) is 2.68. The molecule has 0 unspecified atom stereocenters. The minimum Gasteiger partial charge on any atom is -0.495 e. The number of methoxy groups -OCH3 is 2. The standard InChI is InChI=1S/C8H10FNO4S/c1-13-6-3-5(9)4-7(14-2)8(6)15(10,11)12/h3-4H,1-2H3,(H2,10,11,12). The Balaban J connectivity index is 3.59. The summed E-state index contributed by atoms with van der Waals surface area (Å²) in [6.45, 7) is 0. The molecule has 15 heavy (non-hydrogen) atoms. The Morgan fingerprint density at radius 3 is 1.87 bits per heavy atom. The van der Waals surface area contributed by atoms with E-state index >= 15 is 0 Å². The van der Waals surface area contributed by atoms with E-state index in [-0.39, 0.29) is 16.4 Å². The molecule has 0 bridgehead atoms. The van der Waals surface area contributed by atoms with E-state index in [1.54, 1.807) is 0 Å². The quantitative estimate of drug-likeness (QED) is 0.827. The van der Waals surface area contributed by atoms with Crippen molar-refractivity contribution in [1.29, 1.82) is 0 Å². The molecule has 0 amide bonds. The van der Waals surface area contributed by atoms with Gasteiger partial charge in [-0.1, -0.05) is 0 Å². The van der Waals surface area contributed by atoms with E-state index in [1.807, 2.05) is 0 Å². The number of benzene rings is 1. The van der Waals surface area contributed by atoms with Gasteiger partial charge in [0.2, 0.25) is 10.0 Å². The first-order valence-corrected chi connectivity index (χ1v) is 5.39. The van der Waals surface area contributed by atoms with Crippen LogP contribution in [0.2, 0.25) is 0 Å². The number of sulfonamides is 1. The van der Waals surface area contributed by atoms with Crippen molar-refractivity contribution in [2.24, 2.45) is 5.14 Å². The minimum absolute atomic E-state index is 0.186. The predicted molar refractivity (Wildman–Crippen MR) is 50.9 cm³/mol. The topological polar surface area (TPSA) is 78.6 Å². The van der Waals surface area contributed by atoms with Crippen molar-refractivity contribution in [3.05, 3.63) is 17.9 Å². The molecule has 0 atom stereocenters. The molecule has 0 saturated carbocycles. The molecule has 0 saturated heterocycles. The highest BCUT2D eigenvalue weighted by molar-refractivity contribution is 7.89. The van der Waals surface area contributed by atoms with Gasteiger partial charge in [-0.15, -0.1) is 0 Å². The van der Waals surface area contributed by atoms with E-state index in [4.69, 9.17) is 14.6 Å². The average molecular weight is 235 g/mol. The van der Waals surface area contributed by atoms with Crippen LogP contribution >= 0.6 is 0 Å². The molecule has 0 aliphatic carbocycles. The summed E-state index contributed by atoms with van der Waals surface area (Å²) in [6.07, 6.45) is 0. The fourth-order valence-corrected chi connectivity index (χ4v) is 1.97. The maximum absolute atomic E-state index is 13.0. The zero-order chi connectivity index (χ0) is 11.6. The normalized spacial score (nSPS) is 11.2. The molecular formula is C8H10FNO4S. The first-order valence-electron chi connectivity index (χ1n) is 3.84. The Labute approximate surface area is 86.7 Å². The lowest BCUT2D eigenvalue weighted by atomic mass is 10.3. The summed E-state index contributed by atoms with van der Waals surface area (Å²) in [6, 6.07) is 1.84. The average Bonchev–Trinajstić information content (AvgIpc) is 2.14. The summed E-state index contributed by atoms with van der Waals surface area (Å²) in [5.74, 6) is -1.04. The van der Waals surface area contributed by atoms with Crippen LogP contribution in [0.25, 0.3) is 0 Å². The van der Waals surface area contributed by atoms with Gasteiger partial charge in [-0.05, 0) is 0 Å². The monoisotopic (exact) mass is 235 g/mol. The summed E-state index contributed by atoms with van der Waals surface area (Å²) < 4.78 is 44.8. The molecule has 1 aromatic carbocycles. The highest BCUT2D eigenvalue weighted by Crippen LogP contribution is 2.33. The van der Waals surface area contributed by atoms with E-state index in [1.165, 1.54) is 14.2 Å². The van der Waals surface area contributed by atoms with E-state index in [2.05, 4.69) is 0 Å². The Kier molecular flexibility index (Phi) is 3.15. The Morgan fingerprint density at radius 2 is 1.60 bits per heavy atom. The van der Waals surface area contributed by atoms with Gasteiger partial charge in [-0.2, -0.15) is 0 Å². The maximum Gasteiger partial charge on any atom is 0.245 e. The smallest absolute Gasteiger partial charge is 0.245 e.